The molecule has 0 spiro atoms. The molecule has 2 aromatic carbocycles. The van der Waals surface area contributed by atoms with E-state index in [0.29, 0.717) is 0 Å². The predicted molar refractivity (Wildman–Crippen MR) is 75.5 cm³/mol. The Labute approximate surface area is 117 Å². The molecule has 3 heteroatoms. The first kappa shape index (κ1) is 13.3. The first-order valence-electron chi connectivity index (χ1n) is 6.97. The fourth-order valence-electron chi connectivity index (χ4n) is 2.82. The molecule has 0 aromatic heterocycles. The summed E-state index contributed by atoms with van der Waals surface area (Å²) in [5, 5.41) is 3.28. The molecule has 1 N–H and O–H groups in total. The molecule has 1 aliphatic carbocycles. The fourth-order valence-corrected chi connectivity index (χ4v) is 2.82. The Morgan fingerprint density at radius 3 is 2.40 bits per heavy atom. The minimum Gasteiger partial charge on any atom is -0.309 e. The third-order valence-corrected chi connectivity index (χ3v) is 3.98. The van der Waals surface area contributed by atoms with Crippen LogP contribution in [-0.2, 0) is 19.4 Å². The first-order valence-corrected chi connectivity index (χ1v) is 6.97. The monoisotopic (exact) mass is 273 g/mol. The number of halogens is 2. The number of nitrogens with one attached hydrogen (secondary N) is 1. The van der Waals surface area contributed by atoms with E-state index in [9.17, 15) is 8.78 Å². The summed E-state index contributed by atoms with van der Waals surface area (Å²) in [6.45, 7) is 0.241. The smallest absolute Gasteiger partial charge is 0.130 e. The van der Waals surface area contributed by atoms with Gasteiger partial charge in [0.2, 0.25) is 0 Å². The molecule has 3 rings (SSSR count). The van der Waals surface area contributed by atoms with Crippen LogP contribution in [0.4, 0.5) is 8.78 Å². The molecule has 2 aromatic rings. The van der Waals surface area contributed by atoms with Crippen molar-refractivity contribution < 1.29 is 8.78 Å². The SMILES string of the molecule is Fc1cccc(F)c1CNC1CCc2ccccc2C1. The zero-order valence-corrected chi connectivity index (χ0v) is 11.2. The lowest BCUT2D eigenvalue weighted by molar-refractivity contribution is 0.441. The van der Waals surface area contributed by atoms with Crippen LogP contribution in [0, 0.1) is 11.6 Å². The van der Waals surface area contributed by atoms with Crippen LogP contribution in [0.3, 0.4) is 0 Å². The molecule has 20 heavy (non-hydrogen) atoms. The average molecular weight is 273 g/mol. The van der Waals surface area contributed by atoms with Crippen molar-refractivity contribution in [3.63, 3.8) is 0 Å². The van der Waals surface area contributed by atoms with Gasteiger partial charge in [0.25, 0.3) is 0 Å². The van der Waals surface area contributed by atoms with Crippen molar-refractivity contribution in [1.29, 1.82) is 0 Å². The van der Waals surface area contributed by atoms with Crippen LogP contribution in [0.25, 0.3) is 0 Å². The summed E-state index contributed by atoms with van der Waals surface area (Å²) in [5.41, 5.74) is 2.86. The molecule has 0 fully saturated rings. The molecule has 0 amide bonds. The molecule has 1 aliphatic rings. The maximum Gasteiger partial charge on any atom is 0.130 e. The second kappa shape index (κ2) is 5.71. The van der Waals surface area contributed by atoms with Crippen molar-refractivity contribution in [2.24, 2.45) is 0 Å². The van der Waals surface area contributed by atoms with Gasteiger partial charge in [-0.25, -0.2) is 8.78 Å². The second-order valence-electron chi connectivity index (χ2n) is 5.29. The van der Waals surface area contributed by atoms with E-state index in [4.69, 9.17) is 0 Å². The Hall–Kier alpha value is -1.74. The summed E-state index contributed by atoms with van der Waals surface area (Å²) >= 11 is 0. The van der Waals surface area contributed by atoms with E-state index in [1.54, 1.807) is 0 Å². The molecule has 0 radical (unpaired) electrons. The summed E-state index contributed by atoms with van der Waals surface area (Å²) < 4.78 is 27.1. The quantitative estimate of drug-likeness (QED) is 0.900. The topological polar surface area (TPSA) is 12.0 Å². The standard InChI is InChI=1S/C17H17F2N/c18-16-6-3-7-17(19)15(16)11-20-14-9-8-12-4-1-2-5-13(12)10-14/h1-7,14,20H,8-11H2. The van der Waals surface area contributed by atoms with E-state index in [1.165, 1.54) is 29.3 Å². The Bertz CT molecular complexity index is 589. The fraction of sp³-hybridized carbons (Fsp3) is 0.294. The molecule has 0 saturated heterocycles. The van der Waals surface area contributed by atoms with Crippen molar-refractivity contribution in [2.45, 2.75) is 31.8 Å². The van der Waals surface area contributed by atoms with Gasteiger partial charge < -0.3 is 5.32 Å². The third-order valence-electron chi connectivity index (χ3n) is 3.98. The van der Waals surface area contributed by atoms with E-state index in [-0.39, 0.29) is 18.2 Å². The number of hydrogen-bond donors (Lipinski definition) is 1. The molecule has 1 unspecified atom stereocenters. The van der Waals surface area contributed by atoms with E-state index in [1.807, 2.05) is 6.07 Å². The number of rotatable bonds is 3. The zero-order valence-electron chi connectivity index (χ0n) is 11.2. The van der Waals surface area contributed by atoms with Crippen molar-refractivity contribution in [3.05, 3.63) is 70.8 Å². The zero-order chi connectivity index (χ0) is 13.9. The Kier molecular flexibility index (Phi) is 3.79. The summed E-state index contributed by atoms with van der Waals surface area (Å²) in [7, 11) is 0. The van der Waals surface area contributed by atoms with Crippen LogP contribution in [0.5, 0.6) is 0 Å². The minimum absolute atomic E-state index is 0.131. The van der Waals surface area contributed by atoms with Crippen molar-refractivity contribution in [2.75, 3.05) is 0 Å². The highest BCUT2D eigenvalue weighted by molar-refractivity contribution is 5.30. The van der Waals surface area contributed by atoms with E-state index >= 15 is 0 Å². The van der Waals surface area contributed by atoms with Crippen LogP contribution in [-0.4, -0.2) is 6.04 Å². The van der Waals surface area contributed by atoms with Gasteiger partial charge in [-0.05, 0) is 42.5 Å². The Morgan fingerprint density at radius 1 is 0.950 bits per heavy atom. The lowest BCUT2D eigenvalue weighted by Gasteiger charge is -2.25. The molecule has 0 bridgehead atoms. The van der Waals surface area contributed by atoms with Gasteiger partial charge in [0.15, 0.2) is 0 Å². The number of fused-ring (bicyclic) bond motifs is 1. The summed E-state index contributed by atoms with van der Waals surface area (Å²) in [4.78, 5) is 0. The van der Waals surface area contributed by atoms with Crippen LogP contribution in [0.15, 0.2) is 42.5 Å². The minimum atomic E-state index is -0.478. The van der Waals surface area contributed by atoms with E-state index in [0.717, 1.165) is 19.3 Å². The largest absolute Gasteiger partial charge is 0.309 e. The van der Waals surface area contributed by atoms with Gasteiger partial charge in [0.1, 0.15) is 11.6 Å². The normalized spacial score (nSPS) is 17.8. The summed E-state index contributed by atoms with van der Waals surface area (Å²) in [5.74, 6) is -0.956. The van der Waals surface area contributed by atoms with Gasteiger partial charge in [0, 0.05) is 18.2 Å². The second-order valence-corrected chi connectivity index (χ2v) is 5.29. The highest BCUT2D eigenvalue weighted by Gasteiger charge is 2.18. The van der Waals surface area contributed by atoms with Crippen LogP contribution in [0.2, 0.25) is 0 Å². The first-order chi connectivity index (χ1) is 9.74. The molecule has 1 atom stereocenters. The highest BCUT2D eigenvalue weighted by Crippen LogP contribution is 2.21. The molecule has 0 aliphatic heterocycles. The van der Waals surface area contributed by atoms with E-state index < -0.39 is 11.6 Å². The van der Waals surface area contributed by atoms with Crippen LogP contribution >= 0.6 is 0 Å². The average Bonchev–Trinajstić information content (AvgIpc) is 2.46. The van der Waals surface area contributed by atoms with Crippen molar-refractivity contribution in [3.8, 4) is 0 Å². The lowest BCUT2D eigenvalue weighted by atomic mass is 9.88. The highest BCUT2D eigenvalue weighted by atomic mass is 19.1. The maximum atomic E-state index is 13.6. The molecule has 104 valence electrons. The Balaban J connectivity index is 1.66. The molecular weight excluding hydrogens is 256 g/mol. The van der Waals surface area contributed by atoms with E-state index in [2.05, 4.69) is 23.5 Å². The summed E-state index contributed by atoms with van der Waals surface area (Å²) in [6, 6.07) is 12.7. The number of hydrogen-bond acceptors (Lipinski definition) is 1. The van der Waals surface area contributed by atoms with Gasteiger partial charge in [-0.2, -0.15) is 0 Å². The van der Waals surface area contributed by atoms with Crippen LogP contribution in [0.1, 0.15) is 23.1 Å². The molecule has 0 saturated carbocycles. The lowest BCUT2D eigenvalue weighted by Crippen LogP contribution is -2.34. The summed E-state index contributed by atoms with van der Waals surface area (Å²) in [6.07, 6.45) is 2.95. The number of benzene rings is 2. The van der Waals surface area contributed by atoms with Gasteiger partial charge in [-0.15, -0.1) is 0 Å². The van der Waals surface area contributed by atoms with Gasteiger partial charge in [-0.1, -0.05) is 30.3 Å². The molecule has 0 heterocycles. The van der Waals surface area contributed by atoms with Crippen molar-refractivity contribution >= 4 is 0 Å². The van der Waals surface area contributed by atoms with Crippen molar-refractivity contribution in [1.82, 2.24) is 5.32 Å². The van der Waals surface area contributed by atoms with Gasteiger partial charge in [0.05, 0.1) is 0 Å². The molecule has 1 nitrogen and oxygen atoms in total. The Morgan fingerprint density at radius 2 is 1.65 bits per heavy atom. The third kappa shape index (κ3) is 2.73. The predicted octanol–water partition coefficient (Wildman–Crippen LogP) is 3.61. The van der Waals surface area contributed by atoms with Crippen LogP contribution < -0.4 is 5.32 Å². The van der Waals surface area contributed by atoms with Gasteiger partial charge >= 0.3 is 0 Å². The van der Waals surface area contributed by atoms with Gasteiger partial charge in [-0.3, -0.25) is 0 Å². The molecular formula is C17H17F2N. The number of aryl methyl sites for hydroxylation is 1. The maximum absolute atomic E-state index is 13.6.